The predicted octanol–water partition coefficient (Wildman–Crippen LogP) is 2.79. The van der Waals surface area contributed by atoms with Crippen molar-refractivity contribution in [3.05, 3.63) is 27.7 Å². The minimum atomic E-state index is -0.574. The molecule has 5 nitrogen and oxygen atoms in total. The van der Waals surface area contributed by atoms with Crippen molar-refractivity contribution in [2.24, 2.45) is 0 Å². The van der Waals surface area contributed by atoms with Gasteiger partial charge in [-0.15, -0.1) is 0 Å². The zero-order chi connectivity index (χ0) is 16.6. The van der Waals surface area contributed by atoms with E-state index in [-0.39, 0.29) is 5.60 Å². The molecule has 1 aliphatic carbocycles. The lowest BCUT2D eigenvalue weighted by Gasteiger charge is -2.48. The van der Waals surface area contributed by atoms with Gasteiger partial charge in [0.05, 0.1) is 18.8 Å². The molecule has 23 heavy (non-hydrogen) atoms. The fraction of sp³-hybridized carbons (Fsp3) is 0.529. The molecule has 0 unspecified atom stereocenters. The number of hydrogen-bond donors (Lipinski definition) is 1. The molecule has 2 fully saturated rings. The Kier molecular flexibility index (Phi) is 4.47. The van der Waals surface area contributed by atoms with Crippen LogP contribution in [0.3, 0.4) is 0 Å². The third-order valence-electron chi connectivity index (χ3n) is 4.73. The van der Waals surface area contributed by atoms with Gasteiger partial charge in [-0.3, -0.25) is 9.59 Å². The summed E-state index contributed by atoms with van der Waals surface area (Å²) in [6.07, 6.45) is 3.08. The van der Waals surface area contributed by atoms with Crippen LogP contribution in [0.4, 0.5) is 5.69 Å². The van der Waals surface area contributed by atoms with Crippen LogP contribution in [0, 0.1) is 13.8 Å². The Morgan fingerprint density at radius 2 is 1.91 bits per heavy atom. The molecule has 1 spiro atoms. The van der Waals surface area contributed by atoms with E-state index in [2.05, 4.69) is 21.2 Å². The van der Waals surface area contributed by atoms with Crippen molar-refractivity contribution >= 4 is 33.4 Å². The smallest absolute Gasteiger partial charge is 0.313 e. The molecule has 1 saturated heterocycles. The molecule has 0 radical (unpaired) electrons. The van der Waals surface area contributed by atoms with Gasteiger partial charge in [0.1, 0.15) is 0 Å². The Bertz CT molecular complexity index is 632. The Morgan fingerprint density at radius 1 is 1.26 bits per heavy atom. The van der Waals surface area contributed by atoms with E-state index < -0.39 is 11.8 Å². The Morgan fingerprint density at radius 3 is 2.48 bits per heavy atom. The Labute approximate surface area is 144 Å². The molecule has 1 saturated carbocycles. The fourth-order valence-corrected chi connectivity index (χ4v) is 4.00. The molecular weight excluding hydrogens is 360 g/mol. The van der Waals surface area contributed by atoms with Gasteiger partial charge in [-0.1, -0.05) is 15.9 Å². The summed E-state index contributed by atoms with van der Waals surface area (Å²) in [4.78, 5) is 26.5. The molecule has 2 aliphatic rings. The zero-order valence-electron chi connectivity index (χ0n) is 13.4. The van der Waals surface area contributed by atoms with Crippen molar-refractivity contribution in [3.63, 3.8) is 0 Å². The van der Waals surface area contributed by atoms with Gasteiger partial charge >= 0.3 is 11.8 Å². The second-order valence-electron chi connectivity index (χ2n) is 6.48. The number of nitrogens with zero attached hydrogens (tertiary/aromatic N) is 1. The number of halogens is 1. The molecule has 0 aromatic heterocycles. The van der Waals surface area contributed by atoms with Crippen LogP contribution in [-0.2, 0) is 14.3 Å². The standard InChI is InChI=1S/C17H21BrN2O3/c1-11-8-13(18)9-12(2)14(11)19-15(21)16(22)20-6-7-23-17(10-20)4-3-5-17/h8-9H,3-7,10H2,1-2H3,(H,19,21). The van der Waals surface area contributed by atoms with Crippen LogP contribution in [0.1, 0.15) is 30.4 Å². The number of ether oxygens (including phenoxy) is 1. The molecule has 3 rings (SSSR count). The summed E-state index contributed by atoms with van der Waals surface area (Å²) in [5, 5.41) is 2.77. The first-order valence-electron chi connectivity index (χ1n) is 7.91. The number of aryl methyl sites for hydroxylation is 2. The summed E-state index contributed by atoms with van der Waals surface area (Å²) in [5.41, 5.74) is 2.36. The minimum Gasteiger partial charge on any atom is -0.371 e. The highest BCUT2D eigenvalue weighted by Gasteiger charge is 2.44. The van der Waals surface area contributed by atoms with Gasteiger partial charge in [0.15, 0.2) is 0 Å². The molecule has 1 aromatic carbocycles. The molecule has 0 bridgehead atoms. The van der Waals surface area contributed by atoms with E-state index in [1.807, 2.05) is 26.0 Å². The maximum absolute atomic E-state index is 12.5. The molecule has 0 atom stereocenters. The van der Waals surface area contributed by atoms with Crippen molar-refractivity contribution in [1.29, 1.82) is 0 Å². The lowest BCUT2D eigenvalue weighted by atomic mass is 9.79. The highest BCUT2D eigenvalue weighted by Crippen LogP contribution is 2.38. The minimum absolute atomic E-state index is 0.197. The SMILES string of the molecule is Cc1cc(Br)cc(C)c1NC(=O)C(=O)N1CCOC2(CCC2)C1. The highest BCUT2D eigenvalue weighted by molar-refractivity contribution is 9.10. The summed E-state index contributed by atoms with van der Waals surface area (Å²) in [5.74, 6) is -1.05. The van der Waals surface area contributed by atoms with Crippen molar-refractivity contribution in [1.82, 2.24) is 4.90 Å². The lowest BCUT2D eigenvalue weighted by molar-refractivity contribution is -0.169. The van der Waals surface area contributed by atoms with E-state index in [0.717, 1.165) is 34.9 Å². The van der Waals surface area contributed by atoms with Crippen LogP contribution in [0.25, 0.3) is 0 Å². The highest BCUT2D eigenvalue weighted by atomic mass is 79.9. The van der Waals surface area contributed by atoms with Crippen molar-refractivity contribution in [2.75, 3.05) is 25.0 Å². The van der Waals surface area contributed by atoms with Crippen molar-refractivity contribution in [2.45, 2.75) is 38.7 Å². The van der Waals surface area contributed by atoms with Crippen LogP contribution in [-0.4, -0.2) is 42.0 Å². The van der Waals surface area contributed by atoms with E-state index in [9.17, 15) is 9.59 Å². The monoisotopic (exact) mass is 380 g/mol. The first-order chi connectivity index (χ1) is 10.9. The average Bonchev–Trinajstić information content (AvgIpc) is 2.48. The second kappa shape index (κ2) is 6.24. The van der Waals surface area contributed by atoms with E-state index in [1.54, 1.807) is 4.90 Å². The van der Waals surface area contributed by atoms with Gasteiger partial charge in [0.25, 0.3) is 0 Å². The summed E-state index contributed by atoms with van der Waals surface area (Å²) in [7, 11) is 0. The van der Waals surface area contributed by atoms with Gasteiger partial charge in [-0.05, 0) is 56.4 Å². The predicted molar refractivity (Wildman–Crippen MR) is 91.4 cm³/mol. The van der Waals surface area contributed by atoms with E-state index in [1.165, 1.54) is 0 Å². The van der Waals surface area contributed by atoms with Crippen LogP contribution in [0.15, 0.2) is 16.6 Å². The molecule has 2 amide bonds. The zero-order valence-corrected chi connectivity index (χ0v) is 15.0. The van der Waals surface area contributed by atoms with Crippen molar-refractivity contribution in [3.8, 4) is 0 Å². The average molecular weight is 381 g/mol. The summed E-state index contributed by atoms with van der Waals surface area (Å²) >= 11 is 3.43. The number of amides is 2. The maximum Gasteiger partial charge on any atom is 0.313 e. The third-order valence-corrected chi connectivity index (χ3v) is 5.19. The summed E-state index contributed by atoms with van der Waals surface area (Å²) in [6, 6.07) is 3.84. The van der Waals surface area contributed by atoms with Gasteiger partial charge in [-0.25, -0.2) is 0 Å². The molecule has 1 N–H and O–H groups in total. The maximum atomic E-state index is 12.5. The van der Waals surface area contributed by atoms with E-state index >= 15 is 0 Å². The van der Waals surface area contributed by atoms with Gasteiger partial charge < -0.3 is 15.0 Å². The molecular formula is C17H21BrN2O3. The number of rotatable bonds is 1. The largest absolute Gasteiger partial charge is 0.371 e. The number of anilines is 1. The molecule has 1 aliphatic heterocycles. The summed E-state index contributed by atoms with van der Waals surface area (Å²) in [6.45, 7) is 5.34. The van der Waals surface area contributed by atoms with Crippen LogP contribution >= 0.6 is 15.9 Å². The molecule has 6 heteroatoms. The quantitative estimate of drug-likeness (QED) is 0.762. The van der Waals surface area contributed by atoms with Crippen LogP contribution in [0.5, 0.6) is 0 Å². The lowest BCUT2D eigenvalue weighted by Crippen LogP contribution is -2.58. The first-order valence-corrected chi connectivity index (χ1v) is 8.70. The second-order valence-corrected chi connectivity index (χ2v) is 7.40. The molecule has 124 valence electrons. The molecule has 1 heterocycles. The normalized spacial score (nSPS) is 19.3. The fourth-order valence-electron chi connectivity index (χ4n) is 3.31. The topological polar surface area (TPSA) is 58.6 Å². The van der Waals surface area contributed by atoms with Gasteiger partial charge in [0.2, 0.25) is 0 Å². The number of carbonyl (C=O) groups is 2. The van der Waals surface area contributed by atoms with Gasteiger partial charge in [0, 0.05) is 16.7 Å². The van der Waals surface area contributed by atoms with E-state index in [0.29, 0.717) is 25.4 Å². The number of benzene rings is 1. The van der Waals surface area contributed by atoms with Crippen LogP contribution < -0.4 is 5.32 Å². The van der Waals surface area contributed by atoms with E-state index in [4.69, 9.17) is 4.74 Å². The number of carbonyl (C=O) groups excluding carboxylic acids is 2. The third kappa shape index (κ3) is 3.28. The van der Waals surface area contributed by atoms with Crippen LogP contribution in [0.2, 0.25) is 0 Å². The number of morpholine rings is 1. The summed E-state index contributed by atoms with van der Waals surface area (Å²) < 4.78 is 6.76. The van der Waals surface area contributed by atoms with Crippen molar-refractivity contribution < 1.29 is 14.3 Å². The Balaban J connectivity index is 1.69. The first kappa shape index (κ1) is 16.5. The van der Waals surface area contributed by atoms with Gasteiger partial charge in [-0.2, -0.15) is 0 Å². The number of nitrogens with one attached hydrogen (secondary N) is 1. The Hall–Kier alpha value is -1.40. The molecule has 1 aromatic rings. The number of hydrogen-bond acceptors (Lipinski definition) is 3.